The summed E-state index contributed by atoms with van der Waals surface area (Å²) in [6.45, 7) is 1.99. The number of carbonyl (C=O) groups is 1. The average Bonchev–Trinajstić information content (AvgIpc) is 3.05. The summed E-state index contributed by atoms with van der Waals surface area (Å²) >= 11 is 1.38. The van der Waals surface area contributed by atoms with Crippen LogP contribution < -0.4 is 10.6 Å². The number of nitrogens with zero attached hydrogens (tertiary/aromatic N) is 1. The Kier molecular flexibility index (Phi) is 7.52. The van der Waals surface area contributed by atoms with E-state index in [1.165, 1.54) is 17.4 Å². The van der Waals surface area contributed by atoms with E-state index in [1.807, 2.05) is 6.07 Å². The van der Waals surface area contributed by atoms with E-state index in [9.17, 15) is 9.18 Å². The molecule has 0 saturated carbocycles. The lowest BCUT2D eigenvalue weighted by Gasteiger charge is -2.35. The number of benzene rings is 1. The molecule has 2 aromatic rings. The first-order valence-corrected chi connectivity index (χ1v) is 9.14. The second-order valence-corrected chi connectivity index (χ2v) is 7.43. The second kappa shape index (κ2) is 9.41. The summed E-state index contributed by atoms with van der Waals surface area (Å²) in [6, 6.07) is 6.69. The van der Waals surface area contributed by atoms with Crippen molar-refractivity contribution in [1.29, 1.82) is 0 Å². The molecule has 2 N–H and O–H groups in total. The van der Waals surface area contributed by atoms with Crippen LogP contribution in [0.4, 0.5) is 9.52 Å². The van der Waals surface area contributed by atoms with Crippen molar-refractivity contribution in [2.45, 2.75) is 19.3 Å². The van der Waals surface area contributed by atoms with Crippen LogP contribution in [0.2, 0.25) is 0 Å². The molecular weight excluding hydrogens is 377 g/mol. The predicted octanol–water partition coefficient (Wildman–Crippen LogP) is 3.25. The maximum Gasteiger partial charge on any atom is 0.234 e. The Balaban J connectivity index is 0.00000243. The van der Waals surface area contributed by atoms with Crippen LogP contribution in [-0.2, 0) is 16.0 Å². The van der Waals surface area contributed by atoms with Gasteiger partial charge in [0.1, 0.15) is 5.82 Å². The fraction of sp³-hybridized carbons (Fsp3) is 0.444. The number of amides is 1. The molecule has 0 atom stereocenters. The first-order chi connectivity index (χ1) is 12.1. The number of piperidine rings is 1. The number of rotatable bonds is 6. The largest absolute Gasteiger partial charge is 0.384 e. The number of halogens is 2. The van der Waals surface area contributed by atoms with Gasteiger partial charge in [-0.05, 0) is 37.6 Å². The number of methoxy groups -OCH3 is 1. The van der Waals surface area contributed by atoms with Crippen LogP contribution in [0.15, 0.2) is 30.5 Å². The topological polar surface area (TPSA) is 63.2 Å². The molecule has 3 rings (SSSR count). The lowest BCUT2D eigenvalue weighted by molar-refractivity contribution is -0.130. The number of hydrogen-bond donors (Lipinski definition) is 2. The van der Waals surface area contributed by atoms with Crippen LogP contribution in [-0.4, -0.2) is 37.7 Å². The van der Waals surface area contributed by atoms with Crippen molar-refractivity contribution in [2.24, 2.45) is 5.41 Å². The molecule has 26 heavy (non-hydrogen) atoms. The Labute approximate surface area is 162 Å². The lowest BCUT2D eigenvalue weighted by Crippen LogP contribution is -2.47. The van der Waals surface area contributed by atoms with Gasteiger partial charge in [0.25, 0.3) is 0 Å². The monoisotopic (exact) mass is 399 g/mol. The van der Waals surface area contributed by atoms with Crippen molar-refractivity contribution in [3.8, 4) is 0 Å². The summed E-state index contributed by atoms with van der Waals surface area (Å²) in [5, 5.41) is 6.74. The minimum absolute atomic E-state index is 0. The third-order valence-corrected chi connectivity index (χ3v) is 5.47. The summed E-state index contributed by atoms with van der Waals surface area (Å²) in [6.07, 6.45) is 3.63. The molecule has 1 amide bonds. The molecule has 1 aromatic heterocycles. The molecule has 0 aliphatic carbocycles. The molecule has 0 spiro atoms. The maximum atomic E-state index is 13.8. The predicted molar refractivity (Wildman–Crippen MR) is 104 cm³/mol. The number of anilines is 1. The van der Waals surface area contributed by atoms with Crippen LogP contribution in [0.25, 0.3) is 0 Å². The number of thiazole rings is 1. The zero-order valence-corrected chi connectivity index (χ0v) is 16.2. The fourth-order valence-corrected chi connectivity index (χ4v) is 3.96. The van der Waals surface area contributed by atoms with Gasteiger partial charge in [0.15, 0.2) is 5.13 Å². The fourth-order valence-electron chi connectivity index (χ4n) is 3.12. The van der Waals surface area contributed by atoms with Crippen molar-refractivity contribution in [3.63, 3.8) is 0 Å². The molecule has 1 aromatic carbocycles. The van der Waals surface area contributed by atoms with Crippen LogP contribution >= 0.6 is 23.7 Å². The van der Waals surface area contributed by atoms with Crippen LogP contribution in [0.5, 0.6) is 0 Å². The van der Waals surface area contributed by atoms with Gasteiger partial charge in [0.2, 0.25) is 5.91 Å². The standard InChI is InChI=1S/C18H22FN3O2S.ClH/c1-24-12-18(6-8-20-9-7-18)16(23)22-17-21-11-14(25-17)10-13-4-2-3-5-15(13)19;/h2-5,11,20H,6-10,12H2,1H3,(H,21,22,23);1H. The SMILES string of the molecule is COCC1(C(=O)Nc2ncc(Cc3ccccc3F)s2)CCNCC1.Cl. The van der Waals surface area contributed by atoms with E-state index in [-0.39, 0.29) is 24.1 Å². The summed E-state index contributed by atoms with van der Waals surface area (Å²) < 4.78 is 19.1. The van der Waals surface area contributed by atoms with Crippen LogP contribution in [0, 0.1) is 11.2 Å². The Morgan fingerprint density at radius 2 is 2.12 bits per heavy atom. The number of hydrogen-bond acceptors (Lipinski definition) is 5. The third kappa shape index (κ3) is 4.79. The third-order valence-electron chi connectivity index (χ3n) is 4.56. The summed E-state index contributed by atoms with van der Waals surface area (Å²) in [5.74, 6) is -0.280. The van der Waals surface area contributed by atoms with Crippen LogP contribution in [0.1, 0.15) is 23.3 Å². The van der Waals surface area contributed by atoms with E-state index in [4.69, 9.17) is 4.74 Å². The van der Waals surface area contributed by atoms with E-state index < -0.39 is 5.41 Å². The van der Waals surface area contributed by atoms with Crippen LogP contribution in [0.3, 0.4) is 0 Å². The Morgan fingerprint density at radius 3 is 2.81 bits per heavy atom. The molecule has 8 heteroatoms. The average molecular weight is 400 g/mol. The Bertz CT molecular complexity index is 729. The van der Waals surface area contributed by atoms with Crippen molar-refractivity contribution >= 4 is 34.8 Å². The molecule has 1 aliphatic heterocycles. The minimum atomic E-state index is -0.516. The van der Waals surface area contributed by atoms with E-state index in [2.05, 4.69) is 15.6 Å². The maximum absolute atomic E-state index is 13.8. The highest BCUT2D eigenvalue weighted by molar-refractivity contribution is 7.15. The molecule has 1 aliphatic rings. The summed E-state index contributed by atoms with van der Waals surface area (Å²) in [7, 11) is 1.62. The lowest BCUT2D eigenvalue weighted by atomic mass is 9.79. The first-order valence-electron chi connectivity index (χ1n) is 8.32. The number of carbonyl (C=O) groups excluding carboxylic acids is 1. The van der Waals surface area contributed by atoms with Gasteiger partial charge in [0.05, 0.1) is 12.0 Å². The van der Waals surface area contributed by atoms with Gasteiger partial charge >= 0.3 is 0 Å². The smallest absolute Gasteiger partial charge is 0.234 e. The van der Waals surface area contributed by atoms with E-state index in [0.29, 0.717) is 23.7 Å². The van der Waals surface area contributed by atoms with Gasteiger partial charge in [-0.3, -0.25) is 4.79 Å². The zero-order valence-electron chi connectivity index (χ0n) is 14.6. The van der Waals surface area contributed by atoms with E-state index >= 15 is 0 Å². The molecule has 1 saturated heterocycles. The Morgan fingerprint density at radius 1 is 1.38 bits per heavy atom. The van der Waals surface area contributed by atoms with Gasteiger partial charge < -0.3 is 15.4 Å². The summed E-state index contributed by atoms with van der Waals surface area (Å²) in [5.41, 5.74) is 0.107. The highest BCUT2D eigenvalue weighted by atomic mass is 35.5. The number of aromatic nitrogens is 1. The normalized spacial score (nSPS) is 15.9. The minimum Gasteiger partial charge on any atom is -0.384 e. The van der Waals surface area contributed by atoms with Crippen molar-refractivity contribution in [2.75, 3.05) is 32.1 Å². The molecule has 0 bridgehead atoms. The molecule has 1 fully saturated rings. The molecule has 0 radical (unpaired) electrons. The molecular formula is C18H23ClFN3O2S. The van der Waals surface area contributed by atoms with Crippen molar-refractivity contribution in [1.82, 2.24) is 10.3 Å². The van der Waals surface area contributed by atoms with Gasteiger partial charge in [-0.15, -0.1) is 23.7 Å². The molecule has 5 nitrogen and oxygen atoms in total. The van der Waals surface area contributed by atoms with Gasteiger partial charge in [0, 0.05) is 24.6 Å². The van der Waals surface area contributed by atoms with Crippen molar-refractivity contribution < 1.29 is 13.9 Å². The molecule has 2 heterocycles. The quantitative estimate of drug-likeness (QED) is 0.782. The zero-order chi connectivity index (χ0) is 17.7. The van der Waals surface area contributed by atoms with Gasteiger partial charge in [-0.1, -0.05) is 18.2 Å². The molecule has 142 valence electrons. The highest BCUT2D eigenvalue weighted by Gasteiger charge is 2.40. The van der Waals surface area contributed by atoms with E-state index in [1.54, 1.807) is 25.4 Å². The van der Waals surface area contributed by atoms with Crippen molar-refractivity contribution in [3.05, 3.63) is 46.7 Å². The summed E-state index contributed by atoms with van der Waals surface area (Å²) in [4.78, 5) is 18.0. The van der Waals surface area contributed by atoms with Gasteiger partial charge in [-0.25, -0.2) is 9.37 Å². The van der Waals surface area contributed by atoms with Gasteiger partial charge in [-0.2, -0.15) is 0 Å². The molecule has 0 unspecified atom stereocenters. The van der Waals surface area contributed by atoms with E-state index in [0.717, 1.165) is 30.8 Å². The number of nitrogens with one attached hydrogen (secondary N) is 2. The number of ether oxygens (including phenoxy) is 1. The first kappa shape index (κ1) is 20.8. The second-order valence-electron chi connectivity index (χ2n) is 6.32. The Hall–Kier alpha value is -1.54. The highest BCUT2D eigenvalue weighted by Crippen LogP contribution is 2.32.